The van der Waals surface area contributed by atoms with Crippen molar-refractivity contribution in [1.82, 2.24) is 0 Å². The minimum atomic E-state index is -0.905. The largest absolute Gasteiger partial charge is 0.393 e. The fourth-order valence-electron chi connectivity index (χ4n) is 1.14. The van der Waals surface area contributed by atoms with Crippen molar-refractivity contribution in [3.8, 4) is 0 Å². The van der Waals surface area contributed by atoms with Crippen LogP contribution in [0.1, 0.15) is 20.3 Å². The normalized spacial score (nSPS) is 27.6. The molecule has 0 spiro atoms. The lowest BCUT2D eigenvalue weighted by Crippen LogP contribution is -2.53. The second-order valence-electron chi connectivity index (χ2n) is 3.34. The van der Waals surface area contributed by atoms with E-state index >= 15 is 0 Å². The molecule has 0 radical (unpaired) electrons. The minimum Gasteiger partial charge on any atom is -0.393 e. The van der Waals surface area contributed by atoms with Crippen LogP contribution in [0.4, 0.5) is 0 Å². The minimum absolute atomic E-state index is 0.115. The number of carbonyl (C=O) groups excluding carboxylic acids is 1. The Morgan fingerprint density at radius 2 is 2.25 bits per heavy atom. The van der Waals surface area contributed by atoms with Crippen LogP contribution in [0, 0.1) is 0 Å². The molecule has 1 fully saturated rings. The first-order valence-corrected chi connectivity index (χ1v) is 4.05. The summed E-state index contributed by atoms with van der Waals surface area (Å²) in [5.74, 6) is -0.115. The van der Waals surface area contributed by atoms with E-state index in [2.05, 4.69) is 0 Å². The van der Waals surface area contributed by atoms with Crippen molar-refractivity contribution in [1.29, 1.82) is 0 Å². The summed E-state index contributed by atoms with van der Waals surface area (Å²) < 4.78 is 5.09. The van der Waals surface area contributed by atoms with Gasteiger partial charge in [-0.1, -0.05) is 5.57 Å². The molecule has 0 aromatic rings. The fourth-order valence-corrected chi connectivity index (χ4v) is 1.14. The van der Waals surface area contributed by atoms with Crippen molar-refractivity contribution >= 4 is 5.78 Å². The highest BCUT2D eigenvalue weighted by atomic mass is 16.5. The lowest BCUT2D eigenvalue weighted by Gasteiger charge is -2.37. The SMILES string of the molecule is CC(C)=CC(=O)C1(CO)CCO1. The topological polar surface area (TPSA) is 46.5 Å². The molecule has 3 heteroatoms. The Bertz CT molecular complexity index is 204. The van der Waals surface area contributed by atoms with Gasteiger partial charge in [0.1, 0.15) is 0 Å². The van der Waals surface area contributed by atoms with Crippen molar-refractivity contribution in [2.24, 2.45) is 0 Å². The Hall–Kier alpha value is -0.670. The molecule has 1 heterocycles. The van der Waals surface area contributed by atoms with Gasteiger partial charge in [0.25, 0.3) is 0 Å². The van der Waals surface area contributed by atoms with Crippen LogP contribution in [-0.4, -0.2) is 29.7 Å². The molecule has 12 heavy (non-hydrogen) atoms. The van der Waals surface area contributed by atoms with E-state index in [-0.39, 0.29) is 12.4 Å². The molecule has 0 saturated carbocycles. The first-order valence-electron chi connectivity index (χ1n) is 4.05. The van der Waals surface area contributed by atoms with Gasteiger partial charge in [0, 0.05) is 6.42 Å². The van der Waals surface area contributed by atoms with Crippen LogP contribution in [0.5, 0.6) is 0 Å². The van der Waals surface area contributed by atoms with E-state index in [9.17, 15) is 4.79 Å². The van der Waals surface area contributed by atoms with Gasteiger partial charge in [-0.25, -0.2) is 0 Å². The second-order valence-corrected chi connectivity index (χ2v) is 3.34. The summed E-state index contributed by atoms with van der Waals surface area (Å²) in [5, 5.41) is 8.94. The van der Waals surface area contributed by atoms with E-state index in [1.807, 2.05) is 13.8 Å². The van der Waals surface area contributed by atoms with Gasteiger partial charge in [0.2, 0.25) is 0 Å². The number of aliphatic hydroxyl groups excluding tert-OH is 1. The molecule has 1 aliphatic heterocycles. The standard InChI is InChI=1S/C9H14O3/c1-7(2)5-8(11)9(6-10)3-4-12-9/h5,10H,3-4,6H2,1-2H3. The van der Waals surface area contributed by atoms with Crippen LogP contribution in [0.25, 0.3) is 0 Å². The second kappa shape index (κ2) is 3.37. The number of carbonyl (C=O) groups is 1. The predicted octanol–water partition coefficient (Wildman–Crippen LogP) is 0.673. The van der Waals surface area contributed by atoms with Crippen LogP contribution in [-0.2, 0) is 9.53 Å². The van der Waals surface area contributed by atoms with Crippen molar-refractivity contribution < 1.29 is 14.6 Å². The number of hydrogen-bond donors (Lipinski definition) is 1. The predicted molar refractivity (Wildman–Crippen MR) is 44.8 cm³/mol. The van der Waals surface area contributed by atoms with E-state index in [1.165, 1.54) is 6.08 Å². The zero-order valence-electron chi connectivity index (χ0n) is 7.46. The van der Waals surface area contributed by atoms with E-state index < -0.39 is 5.60 Å². The zero-order valence-corrected chi connectivity index (χ0v) is 7.46. The molecule has 0 aromatic heterocycles. The van der Waals surface area contributed by atoms with Gasteiger partial charge < -0.3 is 9.84 Å². The third-order valence-electron chi connectivity index (χ3n) is 2.01. The van der Waals surface area contributed by atoms with Gasteiger partial charge in [-0.3, -0.25) is 4.79 Å². The summed E-state index contributed by atoms with van der Waals surface area (Å²) in [5.41, 5.74) is 0.0281. The lowest BCUT2D eigenvalue weighted by molar-refractivity contribution is -0.180. The number of hydrogen-bond acceptors (Lipinski definition) is 3. The third kappa shape index (κ3) is 1.57. The average Bonchev–Trinajstić information content (AvgIpc) is 1.83. The number of allylic oxidation sites excluding steroid dienone is 1. The Morgan fingerprint density at radius 3 is 2.50 bits per heavy atom. The Labute approximate surface area is 72.0 Å². The summed E-state index contributed by atoms with van der Waals surface area (Å²) in [6.07, 6.45) is 2.15. The Kier molecular flexibility index (Phi) is 2.65. The smallest absolute Gasteiger partial charge is 0.189 e. The van der Waals surface area contributed by atoms with E-state index in [1.54, 1.807) is 0 Å². The monoisotopic (exact) mass is 170 g/mol. The maximum Gasteiger partial charge on any atom is 0.189 e. The molecule has 68 valence electrons. The van der Waals surface area contributed by atoms with Crippen LogP contribution in [0.2, 0.25) is 0 Å². The highest BCUT2D eigenvalue weighted by Crippen LogP contribution is 2.27. The Morgan fingerprint density at radius 1 is 1.67 bits per heavy atom. The number of ketones is 1. The van der Waals surface area contributed by atoms with Crippen LogP contribution in [0.3, 0.4) is 0 Å². The maximum atomic E-state index is 11.4. The molecule has 0 bridgehead atoms. The molecular weight excluding hydrogens is 156 g/mol. The number of aliphatic hydroxyl groups is 1. The lowest BCUT2D eigenvalue weighted by atomic mass is 9.90. The molecule has 0 aromatic carbocycles. The van der Waals surface area contributed by atoms with Crippen molar-refractivity contribution in [2.75, 3.05) is 13.2 Å². The van der Waals surface area contributed by atoms with Crippen molar-refractivity contribution in [2.45, 2.75) is 25.9 Å². The summed E-state index contributed by atoms with van der Waals surface area (Å²) in [6, 6.07) is 0. The Balaban J connectivity index is 2.67. The molecule has 1 aliphatic rings. The van der Waals surface area contributed by atoms with Crippen LogP contribution >= 0.6 is 0 Å². The molecule has 1 atom stereocenters. The van der Waals surface area contributed by atoms with Crippen molar-refractivity contribution in [3.63, 3.8) is 0 Å². The highest BCUT2D eigenvalue weighted by Gasteiger charge is 2.43. The van der Waals surface area contributed by atoms with E-state index in [4.69, 9.17) is 9.84 Å². The van der Waals surface area contributed by atoms with Gasteiger partial charge in [-0.2, -0.15) is 0 Å². The molecule has 1 N–H and O–H groups in total. The summed E-state index contributed by atoms with van der Waals surface area (Å²) >= 11 is 0. The number of rotatable bonds is 3. The molecule has 1 saturated heterocycles. The van der Waals surface area contributed by atoms with Gasteiger partial charge in [0.05, 0.1) is 13.2 Å². The third-order valence-corrected chi connectivity index (χ3v) is 2.01. The molecule has 0 amide bonds. The van der Waals surface area contributed by atoms with Gasteiger partial charge >= 0.3 is 0 Å². The molecule has 1 unspecified atom stereocenters. The van der Waals surface area contributed by atoms with E-state index in [0.29, 0.717) is 13.0 Å². The molecule has 0 aliphatic carbocycles. The maximum absolute atomic E-state index is 11.4. The zero-order chi connectivity index (χ0) is 9.19. The fraction of sp³-hybridized carbons (Fsp3) is 0.667. The van der Waals surface area contributed by atoms with Gasteiger partial charge in [-0.05, 0) is 19.9 Å². The molecule has 3 nitrogen and oxygen atoms in total. The van der Waals surface area contributed by atoms with Gasteiger partial charge in [-0.15, -0.1) is 0 Å². The quantitative estimate of drug-likeness (QED) is 0.633. The summed E-state index contributed by atoms with van der Waals surface area (Å²) in [6.45, 7) is 4.06. The van der Waals surface area contributed by atoms with Crippen LogP contribution < -0.4 is 0 Å². The highest BCUT2D eigenvalue weighted by molar-refractivity contribution is 5.98. The van der Waals surface area contributed by atoms with Crippen LogP contribution in [0.15, 0.2) is 11.6 Å². The van der Waals surface area contributed by atoms with E-state index in [0.717, 1.165) is 5.57 Å². The van der Waals surface area contributed by atoms with Crippen molar-refractivity contribution in [3.05, 3.63) is 11.6 Å². The average molecular weight is 170 g/mol. The molecule has 1 rings (SSSR count). The number of ether oxygens (including phenoxy) is 1. The van der Waals surface area contributed by atoms with Gasteiger partial charge in [0.15, 0.2) is 11.4 Å². The first kappa shape index (κ1) is 9.42. The summed E-state index contributed by atoms with van der Waals surface area (Å²) in [7, 11) is 0. The molecular formula is C9H14O3. The summed E-state index contributed by atoms with van der Waals surface area (Å²) in [4.78, 5) is 11.4. The first-order chi connectivity index (χ1) is 5.60.